The zero-order chi connectivity index (χ0) is 10.3. The van der Waals surface area contributed by atoms with Crippen LogP contribution in [-0.4, -0.2) is 8.41 Å². The molecule has 2 rings (SSSR count). The molecule has 0 nitrogen and oxygen atoms in total. The fourth-order valence-corrected chi connectivity index (χ4v) is 1.79. The first-order valence-corrected chi connectivity index (χ1v) is 5.53. The maximum atomic E-state index is 2.20. The molecule has 0 N–H and O–H groups in total. The summed E-state index contributed by atoms with van der Waals surface area (Å²) in [7, 11) is 0. The zero-order valence-electron chi connectivity index (χ0n) is 9.47. The Hall–Kier alpha value is -1.50. The van der Waals surface area contributed by atoms with Crippen molar-refractivity contribution in [1.29, 1.82) is 0 Å². The fraction of sp³-hybridized carbons (Fsp3) is 0.200. The van der Waals surface area contributed by atoms with Crippen molar-refractivity contribution < 1.29 is 0 Å². The van der Waals surface area contributed by atoms with Crippen molar-refractivity contribution in [3.8, 4) is 0 Å². The van der Waals surface area contributed by atoms with Gasteiger partial charge in [0.25, 0.3) is 0 Å². The normalized spacial score (nSPS) is 9.50. The average molecular weight is 207 g/mol. The fourth-order valence-electron chi connectivity index (χ4n) is 1.79. The van der Waals surface area contributed by atoms with Crippen LogP contribution in [0.3, 0.4) is 0 Å². The predicted octanol–water partition coefficient (Wildman–Crippen LogP) is 3.48. The Labute approximate surface area is 99.9 Å². The molecule has 0 atom stereocenters. The third-order valence-corrected chi connectivity index (χ3v) is 2.62. The van der Waals surface area contributed by atoms with Gasteiger partial charge in [-0.15, -0.1) is 0 Å². The van der Waals surface area contributed by atoms with E-state index in [1.807, 2.05) is 0 Å². The summed E-state index contributed by atoms with van der Waals surface area (Å²) >= 11 is 0. The standard InChI is InChI=1S/C15H16.B/c1-3-8-14(9-4-1)12-7-13-15-10-5-2-6-11-15;/h1-6,8-11H,7,12-13H2;. The van der Waals surface area contributed by atoms with Gasteiger partial charge >= 0.3 is 0 Å². The van der Waals surface area contributed by atoms with Crippen LogP contribution in [0.5, 0.6) is 0 Å². The molecular formula is C15H16B. The molecule has 0 heterocycles. The summed E-state index contributed by atoms with van der Waals surface area (Å²) in [6.45, 7) is 0. The van der Waals surface area contributed by atoms with Gasteiger partial charge in [-0.3, -0.25) is 0 Å². The Morgan fingerprint density at radius 3 is 1.31 bits per heavy atom. The summed E-state index contributed by atoms with van der Waals surface area (Å²) in [4.78, 5) is 0. The van der Waals surface area contributed by atoms with E-state index >= 15 is 0 Å². The van der Waals surface area contributed by atoms with Crippen molar-refractivity contribution in [2.24, 2.45) is 0 Å². The predicted molar refractivity (Wildman–Crippen MR) is 70.7 cm³/mol. The Balaban J connectivity index is 0.00000128. The van der Waals surface area contributed by atoms with Gasteiger partial charge in [-0.25, -0.2) is 0 Å². The molecule has 0 spiro atoms. The van der Waals surface area contributed by atoms with Gasteiger partial charge in [0, 0.05) is 8.41 Å². The summed E-state index contributed by atoms with van der Waals surface area (Å²) in [6, 6.07) is 21.4. The van der Waals surface area contributed by atoms with E-state index in [0.717, 1.165) is 0 Å². The summed E-state index contributed by atoms with van der Waals surface area (Å²) in [5.41, 5.74) is 2.88. The monoisotopic (exact) mass is 207 g/mol. The van der Waals surface area contributed by atoms with Crippen LogP contribution in [0, 0.1) is 0 Å². The zero-order valence-corrected chi connectivity index (χ0v) is 9.47. The van der Waals surface area contributed by atoms with Gasteiger partial charge in [0.15, 0.2) is 0 Å². The van der Waals surface area contributed by atoms with Gasteiger partial charge in [-0.05, 0) is 30.4 Å². The Morgan fingerprint density at radius 1 is 0.562 bits per heavy atom. The molecule has 0 saturated carbocycles. The van der Waals surface area contributed by atoms with Crippen LogP contribution in [0.2, 0.25) is 0 Å². The lowest BCUT2D eigenvalue weighted by molar-refractivity contribution is 0.821. The number of hydrogen-bond donors (Lipinski definition) is 0. The first-order chi connectivity index (χ1) is 7.45. The third-order valence-electron chi connectivity index (χ3n) is 2.62. The highest BCUT2D eigenvalue weighted by Gasteiger charge is 1.93. The molecule has 0 unspecified atom stereocenters. The van der Waals surface area contributed by atoms with E-state index in [-0.39, 0.29) is 8.41 Å². The van der Waals surface area contributed by atoms with Crippen LogP contribution in [0.4, 0.5) is 0 Å². The summed E-state index contributed by atoms with van der Waals surface area (Å²) < 4.78 is 0. The van der Waals surface area contributed by atoms with E-state index in [2.05, 4.69) is 60.7 Å². The third kappa shape index (κ3) is 3.94. The van der Waals surface area contributed by atoms with E-state index in [1.165, 1.54) is 30.4 Å². The second-order valence-electron chi connectivity index (χ2n) is 3.82. The summed E-state index contributed by atoms with van der Waals surface area (Å²) in [6.07, 6.45) is 3.58. The van der Waals surface area contributed by atoms with Gasteiger partial charge in [0.2, 0.25) is 0 Å². The number of rotatable bonds is 4. The number of hydrogen-bond acceptors (Lipinski definition) is 0. The van der Waals surface area contributed by atoms with E-state index in [1.54, 1.807) is 0 Å². The minimum atomic E-state index is 0. The van der Waals surface area contributed by atoms with Crippen molar-refractivity contribution in [3.63, 3.8) is 0 Å². The molecule has 0 aliphatic heterocycles. The molecule has 79 valence electrons. The van der Waals surface area contributed by atoms with Gasteiger partial charge in [0.05, 0.1) is 0 Å². The first-order valence-electron chi connectivity index (χ1n) is 5.53. The van der Waals surface area contributed by atoms with Crippen LogP contribution < -0.4 is 0 Å². The van der Waals surface area contributed by atoms with Crippen molar-refractivity contribution in [1.82, 2.24) is 0 Å². The minimum Gasteiger partial charge on any atom is -0.0622 e. The maximum absolute atomic E-state index is 2.20. The molecule has 0 aliphatic carbocycles. The molecular weight excluding hydrogens is 191 g/mol. The van der Waals surface area contributed by atoms with Crippen LogP contribution in [0.25, 0.3) is 0 Å². The highest BCUT2D eigenvalue weighted by atomic mass is 14.0. The van der Waals surface area contributed by atoms with E-state index in [0.29, 0.717) is 0 Å². The van der Waals surface area contributed by atoms with Gasteiger partial charge in [-0.2, -0.15) is 0 Å². The summed E-state index contributed by atoms with van der Waals surface area (Å²) in [5.74, 6) is 0. The average Bonchev–Trinajstić information content (AvgIpc) is 2.32. The minimum absolute atomic E-state index is 0. The molecule has 16 heavy (non-hydrogen) atoms. The second kappa shape index (κ2) is 6.89. The number of aryl methyl sites for hydroxylation is 2. The van der Waals surface area contributed by atoms with Crippen molar-refractivity contribution >= 4 is 8.41 Å². The molecule has 0 saturated heterocycles. The lowest BCUT2D eigenvalue weighted by Gasteiger charge is -2.01. The molecule has 0 aromatic heterocycles. The SMILES string of the molecule is [B].c1ccc(CCCc2ccccc2)cc1. The van der Waals surface area contributed by atoms with E-state index in [4.69, 9.17) is 0 Å². The first kappa shape index (κ1) is 12.6. The van der Waals surface area contributed by atoms with E-state index in [9.17, 15) is 0 Å². The molecule has 1 heteroatoms. The van der Waals surface area contributed by atoms with Crippen molar-refractivity contribution in [3.05, 3.63) is 71.8 Å². The summed E-state index contributed by atoms with van der Waals surface area (Å²) in [5, 5.41) is 0. The maximum Gasteiger partial charge on any atom is 0 e. The lowest BCUT2D eigenvalue weighted by Crippen LogP contribution is -1.89. The van der Waals surface area contributed by atoms with Crippen LogP contribution >= 0.6 is 0 Å². The van der Waals surface area contributed by atoms with Gasteiger partial charge < -0.3 is 0 Å². The Morgan fingerprint density at radius 2 is 0.938 bits per heavy atom. The largest absolute Gasteiger partial charge is 0.0622 e. The quantitative estimate of drug-likeness (QED) is 0.673. The molecule has 2 aromatic carbocycles. The molecule has 0 fully saturated rings. The smallest absolute Gasteiger partial charge is 0 e. The van der Waals surface area contributed by atoms with E-state index < -0.39 is 0 Å². The molecule has 0 amide bonds. The highest BCUT2D eigenvalue weighted by molar-refractivity contribution is 5.75. The van der Waals surface area contributed by atoms with Crippen LogP contribution in [0.1, 0.15) is 17.5 Å². The van der Waals surface area contributed by atoms with Gasteiger partial charge in [0.1, 0.15) is 0 Å². The second-order valence-corrected chi connectivity index (χ2v) is 3.82. The number of benzene rings is 2. The highest BCUT2D eigenvalue weighted by Crippen LogP contribution is 2.07. The molecule has 0 bridgehead atoms. The Bertz CT molecular complexity index is 341. The lowest BCUT2D eigenvalue weighted by atomic mass is 10.0. The Kier molecular flexibility index (Phi) is 5.42. The van der Waals surface area contributed by atoms with Crippen LogP contribution in [0.15, 0.2) is 60.7 Å². The molecule has 2 aromatic rings. The molecule has 0 aliphatic rings. The van der Waals surface area contributed by atoms with Gasteiger partial charge in [-0.1, -0.05) is 60.7 Å². The molecule has 3 radical (unpaired) electrons. The topological polar surface area (TPSA) is 0 Å². The van der Waals surface area contributed by atoms with Crippen molar-refractivity contribution in [2.75, 3.05) is 0 Å². The van der Waals surface area contributed by atoms with Crippen LogP contribution in [-0.2, 0) is 12.8 Å². The van der Waals surface area contributed by atoms with Crippen molar-refractivity contribution in [2.45, 2.75) is 19.3 Å².